The molecule has 1 saturated carbocycles. The zero-order valence-corrected chi connectivity index (χ0v) is 16.5. The van der Waals surface area contributed by atoms with Crippen molar-refractivity contribution in [2.45, 2.75) is 25.7 Å². The zero-order chi connectivity index (χ0) is 19.6. The molecular weight excluding hydrogens is 362 g/mol. The Labute approximate surface area is 170 Å². The molecule has 0 unspecified atom stereocenters. The number of piperazine rings is 1. The Morgan fingerprint density at radius 1 is 1.00 bits per heavy atom. The van der Waals surface area contributed by atoms with E-state index in [9.17, 15) is 4.79 Å². The van der Waals surface area contributed by atoms with Crippen LogP contribution in [0, 0.1) is 5.92 Å². The van der Waals surface area contributed by atoms with Gasteiger partial charge in [0.1, 0.15) is 5.82 Å². The Bertz CT molecular complexity index is 1020. The molecule has 3 aromatic rings. The summed E-state index contributed by atoms with van der Waals surface area (Å²) in [5.41, 5.74) is 1.77. The molecule has 6 heteroatoms. The van der Waals surface area contributed by atoms with Crippen LogP contribution in [0.3, 0.4) is 0 Å². The summed E-state index contributed by atoms with van der Waals surface area (Å²) in [5.74, 6) is 2.37. The van der Waals surface area contributed by atoms with E-state index in [4.69, 9.17) is 9.97 Å². The lowest BCUT2D eigenvalue weighted by atomic mass is 10.1. The minimum atomic E-state index is 0.203. The molecule has 1 amide bonds. The van der Waals surface area contributed by atoms with Crippen molar-refractivity contribution in [3.8, 4) is 11.4 Å². The average Bonchev–Trinajstić information content (AvgIpc) is 3.28. The third-order valence-electron chi connectivity index (χ3n) is 6.07. The number of hydrogen-bond donors (Lipinski definition) is 0. The number of fused-ring (bicyclic) bond motifs is 1. The summed E-state index contributed by atoms with van der Waals surface area (Å²) in [6.07, 6.45) is 8.66. The van der Waals surface area contributed by atoms with Gasteiger partial charge in [0.15, 0.2) is 5.82 Å². The van der Waals surface area contributed by atoms with Crippen molar-refractivity contribution in [2.24, 2.45) is 5.92 Å². The van der Waals surface area contributed by atoms with Gasteiger partial charge in [0, 0.05) is 43.0 Å². The summed E-state index contributed by atoms with van der Waals surface area (Å²) in [6.45, 7) is 2.85. The Balaban J connectivity index is 1.44. The van der Waals surface area contributed by atoms with E-state index >= 15 is 0 Å². The third kappa shape index (κ3) is 3.67. The molecule has 2 fully saturated rings. The van der Waals surface area contributed by atoms with Crippen LogP contribution in [0.2, 0.25) is 0 Å². The third-order valence-corrected chi connectivity index (χ3v) is 6.07. The van der Waals surface area contributed by atoms with E-state index in [0.29, 0.717) is 18.3 Å². The number of para-hydroxylation sites is 1. The number of carbonyl (C=O) groups is 1. The highest BCUT2D eigenvalue weighted by atomic mass is 16.2. The number of anilines is 1. The highest BCUT2D eigenvalue weighted by Gasteiger charge is 2.29. The van der Waals surface area contributed by atoms with E-state index in [2.05, 4.69) is 14.8 Å². The van der Waals surface area contributed by atoms with Crippen LogP contribution in [0.25, 0.3) is 22.3 Å². The molecule has 0 N–H and O–H groups in total. The second kappa shape index (κ2) is 7.78. The number of nitrogens with zero attached hydrogens (tertiary/aromatic N) is 5. The maximum absolute atomic E-state index is 12.9. The van der Waals surface area contributed by atoms with Gasteiger partial charge in [-0.2, -0.15) is 0 Å². The van der Waals surface area contributed by atoms with Crippen molar-refractivity contribution in [1.82, 2.24) is 19.9 Å². The Morgan fingerprint density at radius 2 is 1.86 bits per heavy atom. The lowest BCUT2D eigenvalue weighted by Gasteiger charge is -2.36. The average molecular weight is 387 g/mol. The first kappa shape index (κ1) is 18.0. The minimum absolute atomic E-state index is 0.203. The quantitative estimate of drug-likeness (QED) is 0.685. The van der Waals surface area contributed by atoms with Crippen molar-refractivity contribution >= 4 is 22.6 Å². The fourth-order valence-electron chi connectivity index (χ4n) is 4.51. The number of benzene rings is 1. The normalized spacial score (nSPS) is 18.0. The molecule has 1 aromatic carbocycles. The van der Waals surface area contributed by atoms with Gasteiger partial charge in [-0.05, 0) is 43.0 Å². The summed E-state index contributed by atoms with van der Waals surface area (Å²) >= 11 is 0. The first-order valence-electron chi connectivity index (χ1n) is 10.5. The van der Waals surface area contributed by atoms with Crippen molar-refractivity contribution < 1.29 is 4.79 Å². The SMILES string of the molecule is O=C1CN(c2nc(-c3cccnc3)nc3ccccc23)CCN1CC1CCCC1. The van der Waals surface area contributed by atoms with Crippen LogP contribution in [0.15, 0.2) is 48.8 Å². The molecule has 0 bridgehead atoms. The van der Waals surface area contributed by atoms with E-state index in [1.54, 1.807) is 12.4 Å². The molecule has 29 heavy (non-hydrogen) atoms. The first-order chi connectivity index (χ1) is 14.3. The molecule has 0 atom stereocenters. The van der Waals surface area contributed by atoms with E-state index in [1.807, 2.05) is 36.4 Å². The molecule has 6 nitrogen and oxygen atoms in total. The Hall–Kier alpha value is -3.02. The van der Waals surface area contributed by atoms with Gasteiger partial charge in [-0.1, -0.05) is 25.0 Å². The molecule has 1 aliphatic heterocycles. The smallest absolute Gasteiger partial charge is 0.242 e. The molecule has 3 heterocycles. The summed E-state index contributed by atoms with van der Waals surface area (Å²) in [7, 11) is 0. The van der Waals surface area contributed by atoms with Gasteiger partial charge >= 0.3 is 0 Å². The minimum Gasteiger partial charge on any atom is -0.345 e. The van der Waals surface area contributed by atoms with Crippen LogP contribution in [0.4, 0.5) is 5.82 Å². The summed E-state index contributed by atoms with van der Waals surface area (Å²) < 4.78 is 0. The van der Waals surface area contributed by atoms with Gasteiger partial charge in [-0.15, -0.1) is 0 Å². The summed E-state index contributed by atoms with van der Waals surface area (Å²) in [6, 6.07) is 11.9. The summed E-state index contributed by atoms with van der Waals surface area (Å²) in [5, 5.41) is 0.984. The zero-order valence-electron chi connectivity index (χ0n) is 16.5. The van der Waals surface area contributed by atoms with Gasteiger partial charge in [0.25, 0.3) is 0 Å². The van der Waals surface area contributed by atoms with Gasteiger partial charge in [0.2, 0.25) is 5.91 Å². The molecular formula is C23H25N5O. The highest BCUT2D eigenvalue weighted by molar-refractivity contribution is 5.93. The van der Waals surface area contributed by atoms with Crippen LogP contribution in [0.1, 0.15) is 25.7 Å². The molecule has 0 spiro atoms. The monoisotopic (exact) mass is 387 g/mol. The Kier molecular flexibility index (Phi) is 4.84. The standard InChI is InChI=1S/C23H25N5O/c29-21-16-28(13-12-27(21)15-17-6-1-2-7-17)23-19-9-3-4-10-20(19)25-22(26-23)18-8-5-11-24-14-18/h3-5,8-11,14,17H,1-2,6-7,12-13,15-16H2. The fraction of sp³-hybridized carbons (Fsp3) is 0.391. The number of aromatic nitrogens is 3. The van der Waals surface area contributed by atoms with Crippen molar-refractivity contribution in [2.75, 3.05) is 31.1 Å². The number of pyridine rings is 1. The molecule has 1 aliphatic carbocycles. The molecule has 2 aromatic heterocycles. The molecule has 2 aliphatic rings. The number of rotatable bonds is 4. The number of hydrogen-bond acceptors (Lipinski definition) is 5. The lowest BCUT2D eigenvalue weighted by Crippen LogP contribution is -2.51. The van der Waals surface area contributed by atoms with Crippen LogP contribution in [0.5, 0.6) is 0 Å². The molecule has 148 valence electrons. The Morgan fingerprint density at radius 3 is 2.66 bits per heavy atom. The molecule has 0 radical (unpaired) electrons. The second-order valence-corrected chi connectivity index (χ2v) is 8.04. The van der Waals surface area contributed by atoms with Gasteiger partial charge in [-0.3, -0.25) is 9.78 Å². The maximum Gasteiger partial charge on any atom is 0.242 e. The predicted molar refractivity (Wildman–Crippen MR) is 114 cm³/mol. The van der Waals surface area contributed by atoms with Crippen LogP contribution >= 0.6 is 0 Å². The fourth-order valence-corrected chi connectivity index (χ4v) is 4.51. The topological polar surface area (TPSA) is 62.2 Å². The predicted octanol–water partition coefficient (Wildman–Crippen LogP) is 3.53. The van der Waals surface area contributed by atoms with E-state index in [1.165, 1.54) is 25.7 Å². The van der Waals surface area contributed by atoms with Crippen LogP contribution < -0.4 is 4.90 Å². The van der Waals surface area contributed by atoms with E-state index in [0.717, 1.165) is 41.9 Å². The van der Waals surface area contributed by atoms with Gasteiger partial charge in [-0.25, -0.2) is 9.97 Å². The van der Waals surface area contributed by atoms with Crippen LogP contribution in [-0.4, -0.2) is 51.9 Å². The number of amides is 1. The molecule has 5 rings (SSSR count). The lowest BCUT2D eigenvalue weighted by molar-refractivity contribution is -0.131. The van der Waals surface area contributed by atoms with E-state index in [-0.39, 0.29) is 5.91 Å². The second-order valence-electron chi connectivity index (χ2n) is 8.04. The summed E-state index contributed by atoms with van der Waals surface area (Å²) in [4.78, 5) is 30.8. The van der Waals surface area contributed by atoms with Crippen LogP contribution in [-0.2, 0) is 4.79 Å². The van der Waals surface area contributed by atoms with Crippen molar-refractivity contribution in [3.05, 3.63) is 48.8 Å². The van der Waals surface area contributed by atoms with Gasteiger partial charge in [0.05, 0.1) is 12.1 Å². The number of carbonyl (C=O) groups excluding carboxylic acids is 1. The van der Waals surface area contributed by atoms with E-state index < -0.39 is 0 Å². The van der Waals surface area contributed by atoms with Gasteiger partial charge < -0.3 is 9.80 Å². The van der Waals surface area contributed by atoms with Crippen molar-refractivity contribution in [3.63, 3.8) is 0 Å². The first-order valence-corrected chi connectivity index (χ1v) is 10.5. The van der Waals surface area contributed by atoms with Crippen molar-refractivity contribution in [1.29, 1.82) is 0 Å². The maximum atomic E-state index is 12.9. The largest absolute Gasteiger partial charge is 0.345 e. The highest BCUT2D eigenvalue weighted by Crippen LogP contribution is 2.29. The molecule has 1 saturated heterocycles.